The van der Waals surface area contributed by atoms with Gasteiger partial charge in [0.15, 0.2) is 0 Å². The summed E-state index contributed by atoms with van der Waals surface area (Å²) in [4.78, 5) is 2.49. The summed E-state index contributed by atoms with van der Waals surface area (Å²) in [6.07, 6.45) is 9.00. The SMILES string of the molecule is Nc1cccc(N2c3ccccc3C3C=CC=CC32)c1-c1ccc2c3c4sc5ccccc5c4ccc3n(-c3ccccc3)c2c1. The predicted molar refractivity (Wildman–Crippen MR) is 197 cm³/mol. The maximum Gasteiger partial charge on any atom is 0.0629 e. The highest BCUT2D eigenvalue weighted by molar-refractivity contribution is 7.26. The minimum Gasteiger partial charge on any atom is -0.398 e. The molecule has 2 unspecified atom stereocenters. The van der Waals surface area contributed by atoms with Crippen LogP contribution in [0.2, 0.25) is 0 Å². The van der Waals surface area contributed by atoms with Crippen molar-refractivity contribution in [2.75, 3.05) is 10.6 Å². The highest BCUT2D eigenvalue weighted by Crippen LogP contribution is 2.51. The van der Waals surface area contributed by atoms with E-state index in [9.17, 15) is 0 Å². The van der Waals surface area contributed by atoms with Crippen LogP contribution < -0.4 is 10.6 Å². The number of para-hydroxylation sites is 2. The molecular weight excluding hydrogens is 579 g/mol. The molecule has 0 spiro atoms. The Kier molecular flexibility index (Phi) is 5.43. The van der Waals surface area contributed by atoms with Gasteiger partial charge in [0.1, 0.15) is 0 Å². The van der Waals surface area contributed by atoms with E-state index >= 15 is 0 Å². The average Bonchev–Trinajstić information content (AvgIpc) is 3.76. The van der Waals surface area contributed by atoms with E-state index in [-0.39, 0.29) is 6.04 Å². The number of benzene rings is 6. The lowest BCUT2D eigenvalue weighted by molar-refractivity contribution is 0.745. The zero-order valence-electron chi connectivity index (χ0n) is 25.0. The third-order valence-electron chi connectivity index (χ3n) is 9.87. The maximum atomic E-state index is 6.93. The summed E-state index contributed by atoms with van der Waals surface area (Å²) in [6, 6.07) is 46.4. The standard InChI is InChI=1S/C42H29N3S/c43-33-16-10-19-36(45-34-17-7-4-13-28(34)29-14-5-8-18-35(29)45)40(33)26-21-22-32-38(25-26)44(27-11-2-1-3-12-27)37-24-23-31-30-15-6-9-20-39(30)46-42(31)41(32)37/h1-25,28,34H,43H2. The number of nitrogens with two attached hydrogens (primary N) is 1. The van der Waals surface area contributed by atoms with Gasteiger partial charge >= 0.3 is 0 Å². The fraction of sp³-hybridized carbons (Fsp3) is 0.0476. The van der Waals surface area contributed by atoms with Gasteiger partial charge in [-0.2, -0.15) is 0 Å². The quantitative estimate of drug-likeness (QED) is 0.203. The molecule has 4 heteroatoms. The van der Waals surface area contributed by atoms with Crippen molar-refractivity contribution in [3.8, 4) is 16.8 Å². The van der Waals surface area contributed by atoms with Crippen molar-refractivity contribution < 1.29 is 0 Å². The number of hydrogen-bond acceptors (Lipinski definition) is 3. The fourth-order valence-electron chi connectivity index (χ4n) is 7.94. The van der Waals surface area contributed by atoms with E-state index in [4.69, 9.17) is 5.73 Å². The Bertz CT molecular complexity index is 2570. The van der Waals surface area contributed by atoms with E-state index in [0.717, 1.165) is 28.2 Å². The van der Waals surface area contributed by atoms with E-state index in [1.54, 1.807) is 0 Å². The highest BCUT2D eigenvalue weighted by atomic mass is 32.1. The molecule has 0 bridgehead atoms. The average molecular weight is 608 g/mol. The van der Waals surface area contributed by atoms with Crippen LogP contribution in [0.3, 0.4) is 0 Å². The van der Waals surface area contributed by atoms with Crippen molar-refractivity contribution in [1.29, 1.82) is 0 Å². The van der Waals surface area contributed by atoms with Crippen molar-refractivity contribution in [2.24, 2.45) is 0 Å². The largest absolute Gasteiger partial charge is 0.398 e. The van der Waals surface area contributed by atoms with E-state index in [2.05, 4.69) is 155 Å². The van der Waals surface area contributed by atoms with Gasteiger partial charge < -0.3 is 15.2 Å². The summed E-state index contributed by atoms with van der Waals surface area (Å²) >= 11 is 1.89. The molecule has 2 aliphatic rings. The first kappa shape index (κ1) is 25.7. The Morgan fingerprint density at radius 2 is 1.39 bits per heavy atom. The molecule has 3 nitrogen and oxygen atoms in total. The van der Waals surface area contributed by atoms with E-state index in [0.29, 0.717) is 5.92 Å². The van der Waals surface area contributed by atoms with Crippen molar-refractivity contribution in [3.63, 3.8) is 0 Å². The van der Waals surface area contributed by atoms with Gasteiger partial charge in [-0.05, 0) is 59.7 Å². The molecule has 0 saturated heterocycles. The molecule has 8 aromatic rings. The lowest BCUT2D eigenvalue weighted by Gasteiger charge is -2.31. The normalized spacial score (nSPS) is 17.0. The Balaban J connectivity index is 1.26. The predicted octanol–water partition coefficient (Wildman–Crippen LogP) is 11.1. The van der Waals surface area contributed by atoms with Crippen LogP contribution in [0.5, 0.6) is 0 Å². The van der Waals surface area contributed by atoms with E-state index < -0.39 is 0 Å². The minimum absolute atomic E-state index is 0.198. The number of fused-ring (bicyclic) bond motifs is 10. The van der Waals surface area contributed by atoms with Gasteiger partial charge in [0.05, 0.1) is 22.8 Å². The molecule has 218 valence electrons. The summed E-state index contributed by atoms with van der Waals surface area (Å²) in [5, 5.41) is 5.19. The van der Waals surface area contributed by atoms with E-state index in [1.807, 2.05) is 17.4 Å². The molecular formula is C42H29N3S. The number of allylic oxidation sites excluding steroid dienone is 2. The summed E-state index contributed by atoms with van der Waals surface area (Å²) in [5.41, 5.74) is 17.2. The Morgan fingerprint density at radius 3 is 2.33 bits per heavy atom. The second-order valence-electron chi connectivity index (χ2n) is 12.3. The van der Waals surface area contributed by atoms with Crippen LogP contribution in [-0.2, 0) is 0 Å². The van der Waals surface area contributed by atoms with Gasteiger partial charge in [-0.3, -0.25) is 0 Å². The molecule has 2 aromatic heterocycles. The van der Waals surface area contributed by atoms with Crippen LogP contribution >= 0.6 is 11.3 Å². The molecule has 46 heavy (non-hydrogen) atoms. The monoisotopic (exact) mass is 607 g/mol. The third-order valence-corrected chi connectivity index (χ3v) is 11.1. The molecule has 3 heterocycles. The van der Waals surface area contributed by atoms with Crippen LogP contribution in [0.15, 0.2) is 152 Å². The first-order chi connectivity index (χ1) is 22.8. The molecule has 1 aliphatic heterocycles. The minimum atomic E-state index is 0.198. The number of rotatable bonds is 3. The number of anilines is 3. The topological polar surface area (TPSA) is 34.2 Å². The first-order valence-corrected chi connectivity index (χ1v) is 16.6. The second kappa shape index (κ2) is 9.71. The molecule has 10 rings (SSSR count). The van der Waals surface area contributed by atoms with E-state index in [1.165, 1.54) is 53.2 Å². The van der Waals surface area contributed by atoms with Gasteiger partial charge in [-0.15, -0.1) is 11.3 Å². The Labute approximate surface area is 270 Å². The van der Waals surface area contributed by atoms with Crippen LogP contribution in [-0.4, -0.2) is 10.6 Å². The molecule has 0 radical (unpaired) electrons. The molecule has 0 fully saturated rings. The van der Waals surface area contributed by atoms with Crippen molar-refractivity contribution >= 4 is 70.4 Å². The van der Waals surface area contributed by atoms with Crippen LogP contribution in [0.1, 0.15) is 11.5 Å². The number of aromatic nitrogens is 1. The molecule has 2 N–H and O–H groups in total. The summed E-state index contributed by atoms with van der Waals surface area (Å²) in [6.45, 7) is 0. The summed E-state index contributed by atoms with van der Waals surface area (Å²) in [5.74, 6) is 0.308. The molecule has 2 atom stereocenters. The van der Waals surface area contributed by atoms with Gasteiger partial charge in [-0.1, -0.05) is 103 Å². The summed E-state index contributed by atoms with van der Waals surface area (Å²) < 4.78 is 5.08. The lowest BCUT2D eigenvalue weighted by Crippen LogP contribution is -2.29. The number of nitrogen functional groups attached to an aromatic ring is 1. The maximum absolute atomic E-state index is 6.93. The highest BCUT2D eigenvalue weighted by Gasteiger charge is 2.38. The number of hydrogen-bond donors (Lipinski definition) is 1. The molecule has 6 aromatic carbocycles. The Hall–Kier alpha value is -5.58. The third kappa shape index (κ3) is 3.53. The smallest absolute Gasteiger partial charge is 0.0629 e. The molecule has 1 aliphatic carbocycles. The first-order valence-electron chi connectivity index (χ1n) is 15.8. The number of nitrogens with zero attached hydrogens (tertiary/aromatic N) is 2. The Morgan fingerprint density at radius 1 is 0.609 bits per heavy atom. The van der Waals surface area contributed by atoms with Crippen LogP contribution in [0.4, 0.5) is 17.1 Å². The van der Waals surface area contributed by atoms with Gasteiger partial charge in [-0.25, -0.2) is 0 Å². The lowest BCUT2D eigenvalue weighted by atomic mass is 9.91. The van der Waals surface area contributed by atoms with Gasteiger partial charge in [0, 0.05) is 59.5 Å². The van der Waals surface area contributed by atoms with Crippen LogP contribution in [0.25, 0.3) is 58.8 Å². The molecule has 0 amide bonds. The zero-order valence-corrected chi connectivity index (χ0v) is 25.8. The van der Waals surface area contributed by atoms with Gasteiger partial charge in [0.2, 0.25) is 0 Å². The number of thiophene rings is 1. The zero-order chi connectivity index (χ0) is 30.4. The second-order valence-corrected chi connectivity index (χ2v) is 13.3. The summed E-state index contributed by atoms with van der Waals surface area (Å²) in [7, 11) is 0. The molecule has 0 saturated carbocycles. The van der Waals surface area contributed by atoms with Crippen molar-refractivity contribution in [2.45, 2.75) is 12.0 Å². The fourth-order valence-corrected chi connectivity index (χ4v) is 9.19. The van der Waals surface area contributed by atoms with Crippen LogP contribution in [0, 0.1) is 0 Å². The van der Waals surface area contributed by atoms with Crippen molar-refractivity contribution in [1.82, 2.24) is 4.57 Å². The van der Waals surface area contributed by atoms with Crippen molar-refractivity contribution in [3.05, 3.63) is 157 Å². The van der Waals surface area contributed by atoms with Gasteiger partial charge in [0.25, 0.3) is 0 Å².